The Hall–Kier alpha value is -1.62. The summed E-state index contributed by atoms with van der Waals surface area (Å²) in [5, 5.41) is 2.74. The lowest BCUT2D eigenvalue weighted by Crippen LogP contribution is -2.34. The van der Waals surface area contributed by atoms with Crippen LogP contribution in [0.15, 0.2) is 30.3 Å². The molecule has 1 saturated heterocycles. The standard InChI is InChI=1S/C17H23NO3S/c1-17(2,3)14-7-4-13(5-8-14)6-9-16(19)18-15-10-11-22(20,21)12-15/h4-9,15H,10-12H2,1-3H3,(H,18,19)/b9-6+/t15-/m0/s1. The topological polar surface area (TPSA) is 63.2 Å². The van der Waals surface area contributed by atoms with Crippen molar-refractivity contribution in [1.29, 1.82) is 0 Å². The van der Waals surface area contributed by atoms with Crippen molar-refractivity contribution in [2.24, 2.45) is 0 Å². The van der Waals surface area contributed by atoms with Crippen molar-refractivity contribution in [2.45, 2.75) is 38.6 Å². The van der Waals surface area contributed by atoms with Gasteiger partial charge in [-0.05, 0) is 29.0 Å². The molecule has 0 aromatic heterocycles. The van der Waals surface area contributed by atoms with E-state index in [9.17, 15) is 13.2 Å². The van der Waals surface area contributed by atoms with Crippen molar-refractivity contribution < 1.29 is 13.2 Å². The maximum Gasteiger partial charge on any atom is 0.244 e. The Morgan fingerprint density at radius 1 is 1.23 bits per heavy atom. The summed E-state index contributed by atoms with van der Waals surface area (Å²) < 4.78 is 22.7. The van der Waals surface area contributed by atoms with Crippen LogP contribution in [0.1, 0.15) is 38.3 Å². The fourth-order valence-corrected chi connectivity index (χ4v) is 4.10. The maximum absolute atomic E-state index is 11.8. The first kappa shape index (κ1) is 16.7. The first-order valence-corrected chi connectivity index (χ1v) is 9.27. The molecule has 1 fully saturated rings. The van der Waals surface area contributed by atoms with Gasteiger partial charge in [-0.25, -0.2) is 8.42 Å². The van der Waals surface area contributed by atoms with E-state index in [4.69, 9.17) is 0 Å². The number of hydrogen-bond acceptors (Lipinski definition) is 3. The maximum atomic E-state index is 11.8. The monoisotopic (exact) mass is 321 g/mol. The highest BCUT2D eigenvalue weighted by Gasteiger charge is 2.28. The largest absolute Gasteiger partial charge is 0.349 e. The van der Waals surface area contributed by atoms with Crippen molar-refractivity contribution >= 4 is 21.8 Å². The number of rotatable bonds is 3. The highest BCUT2D eigenvalue weighted by atomic mass is 32.2. The molecule has 0 saturated carbocycles. The third kappa shape index (κ3) is 4.70. The molecule has 0 spiro atoms. The SMILES string of the molecule is CC(C)(C)c1ccc(/C=C/C(=O)N[C@H]2CCS(=O)(=O)C2)cc1. The molecule has 2 rings (SSSR count). The molecule has 5 heteroatoms. The number of nitrogens with one attached hydrogen (secondary N) is 1. The summed E-state index contributed by atoms with van der Waals surface area (Å²) in [6.45, 7) is 6.46. The van der Waals surface area contributed by atoms with Gasteiger partial charge in [0.1, 0.15) is 0 Å². The van der Waals surface area contributed by atoms with Crippen molar-refractivity contribution in [2.75, 3.05) is 11.5 Å². The van der Waals surface area contributed by atoms with Crippen LogP contribution in [0.4, 0.5) is 0 Å². The van der Waals surface area contributed by atoms with Crippen LogP contribution in [0.5, 0.6) is 0 Å². The Morgan fingerprint density at radius 3 is 2.36 bits per heavy atom. The average molecular weight is 321 g/mol. The molecule has 1 aromatic rings. The van der Waals surface area contributed by atoms with Gasteiger partial charge in [0.2, 0.25) is 5.91 Å². The smallest absolute Gasteiger partial charge is 0.244 e. The molecule has 0 aliphatic carbocycles. The van der Waals surface area contributed by atoms with Crippen LogP contribution < -0.4 is 5.32 Å². The number of benzene rings is 1. The van der Waals surface area contributed by atoms with E-state index in [-0.39, 0.29) is 28.9 Å². The lowest BCUT2D eigenvalue weighted by molar-refractivity contribution is -0.116. The highest BCUT2D eigenvalue weighted by Crippen LogP contribution is 2.22. The van der Waals surface area contributed by atoms with E-state index >= 15 is 0 Å². The lowest BCUT2D eigenvalue weighted by atomic mass is 9.87. The molecule has 0 bridgehead atoms. The van der Waals surface area contributed by atoms with Gasteiger partial charge >= 0.3 is 0 Å². The summed E-state index contributed by atoms with van der Waals surface area (Å²) in [6, 6.07) is 7.81. The van der Waals surface area contributed by atoms with Crippen molar-refractivity contribution in [3.8, 4) is 0 Å². The molecule has 1 aliphatic rings. The second-order valence-electron chi connectivity index (χ2n) is 6.81. The number of carbonyl (C=O) groups excluding carboxylic acids is 1. The molecular formula is C17H23NO3S. The Bertz CT molecular complexity index is 667. The molecule has 1 heterocycles. The molecule has 1 amide bonds. The number of carbonyl (C=O) groups is 1. The van der Waals surface area contributed by atoms with Gasteiger partial charge in [0.05, 0.1) is 11.5 Å². The summed E-state index contributed by atoms with van der Waals surface area (Å²) in [6.07, 6.45) is 3.70. The van der Waals surface area contributed by atoms with Gasteiger partial charge in [-0.2, -0.15) is 0 Å². The summed E-state index contributed by atoms with van der Waals surface area (Å²) in [5.74, 6) is -0.0371. The summed E-state index contributed by atoms with van der Waals surface area (Å²) >= 11 is 0. The normalized spacial score (nSPS) is 21.1. The molecule has 0 radical (unpaired) electrons. The van der Waals surface area contributed by atoms with Crippen LogP contribution in [0.2, 0.25) is 0 Å². The third-order valence-corrected chi connectivity index (χ3v) is 5.55. The summed E-state index contributed by atoms with van der Waals surface area (Å²) in [5.41, 5.74) is 2.29. The number of hydrogen-bond donors (Lipinski definition) is 1. The fraction of sp³-hybridized carbons (Fsp3) is 0.471. The van der Waals surface area contributed by atoms with Gasteiger partial charge in [-0.15, -0.1) is 0 Å². The van der Waals surface area contributed by atoms with E-state index in [2.05, 4.69) is 38.2 Å². The van der Waals surface area contributed by atoms with Crippen LogP contribution in [0, 0.1) is 0 Å². The molecule has 22 heavy (non-hydrogen) atoms. The third-order valence-electron chi connectivity index (χ3n) is 3.78. The van der Waals surface area contributed by atoms with Crippen molar-refractivity contribution in [3.63, 3.8) is 0 Å². The first-order chi connectivity index (χ1) is 10.2. The lowest BCUT2D eigenvalue weighted by Gasteiger charge is -2.18. The predicted molar refractivity (Wildman–Crippen MR) is 89.4 cm³/mol. The second kappa shape index (κ2) is 6.24. The van der Waals surface area contributed by atoms with E-state index in [1.54, 1.807) is 6.08 Å². The van der Waals surface area contributed by atoms with E-state index in [1.165, 1.54) is 11.6 Å². The zero-order valence-corrected chi connectivity index (χ0v) is 14.1. The Balaban J connectivity index is 1.93. The average Bonchev–Trinajstić information content (AvgIpc) is 2.75. The summed E-state index contributed by atoms with van der Waals surface area (Å²) in [7, 11) is -2.97. The van der Waals surface area contributed by atoms with Gasteiger partial charge in [0, 0.05) is 12.1 Å². The van der Waals surface area contributed by atoms with E-state index in [0.29, 0.717) is 6.42 Å². The molecule has 1 N–H and O–H groups in total. The minimum absolute atomic E-state index is 0.0485. The first-order valence-electron chi connectivity index (χ1n) is 7.45. The molecule has 1 atom stereocenters. The number of amides is 1. The second-order valence-corrected chi connectivity index (χ2v) is 9.04. The fourth-order valence-electron chi connectivity index (χ4n) is 2.42. The Morgan fingerprint density at radius 2 is 1.86 bits per heavy atom. The van der Waals surface area contributed by atoms with Crippen LogP contribution in [-0.2, 0) is 20.0 Å². The van der Waals surface area contributed by atoms with Crippen LogP contribution in [0.25, 0.3) is 6.08 Å². The van der Waals surface area contributed by atoms with E-state index < -0.39 is 9.84 Å². The molecule has 4 nitrogen and oxygen atoms in total. The minimum atomic E-state index is -2.97. The van der Waals surface area contributed by atoms with E-state index in [0.717, 1.165) is 5.56 Å². The molecule has 0 unspecified atom stereocenters. The van der Waals surface area contributed by atoms with Gasteiger partial charge in [-0.1, -0.05) is 45.0 Å². The van der Waals surface area contributed by atoms with Crippen LogP contribution >= 0.6 is 0 Å². The molecule has 120 valence electrons. The van der Waals surface area contributed by atoms with Gasteiger partial charge in [-0.3, -0.25) is 4.79 Å². The molecular weight excluding hydrogens is 298 g/mol. The van der Waals surface area contributed by atoms with Crippen molar-refractivity contribution in [1.82, 2.24) is 5.32 Å². The van der Waals surface area contributed by atoms with Crippen LogP contribution in [0.3, 0.4) is 0 Å². The highest BCUT2D eigenvalue weighted by molar-refractivity contribution is 7.91. The van der Waals surface area contributed by atoms with Gasteiger partial charge < -0.3 is 5.32 Å². The zero-order valence-electron chi connectivity index (χ0n) is 13.3. The van der Waals surface area contributed by atoms with Crippen molar-refractivity contribution in [3.05, 3.63) is 41.5 Å². The Labute approximate surface area is 132 Å². The zero-order chi connectivity index (χ0) is 16.4. The molecule has 1 aliphatic heterocycles. The predicted octanol–water partition coefficient (Wildman–Crippen LogP) is 2.30. The molecule has 1 aromatic carbocycles. The van der Waals surface area contributed by atoms with Crippen LogP contribution in [-0.4, -0.2) is 31.9 Å². The van der Waals surface area contributed by atoms with Gasteiger partial charge in [0.25, 0.3) is 0 Å². The van der Waals surface area contributed by atoms with Gasteiger partial charge in [0.15, 0.2) is 9.84 Å². The quantitative estimate of drug-likeness (QED) is 0.869. The minimum Gasteiger partial charge on any atom is -0.349 e. The summed E-state index contributed by atoms with van der Waals surface area (Å²) in [4.78, 5) is 11.8. The number of sulfone groups is 1. The Kier molecular flexibility index (Phi) is 4.75. The van der Waals surface area contributed by atoms with E-state index in [1.807, 2.05) is 12.1 Å².